The number of hydrogen-bond acceptors (Lipinski definition) is 5. The molecule has 0 amide bonds. The second-order valence-electron chi connectivity index (χ2n) is 3.31. The Labute approximate surface area is 95.5 Å². The molecule has 1 N–H and O–H groups in total. The average molecular weight is 226 g/mol. The van der Waals surface area contributed by atoms with Gasteiger partial charge in [0.1, 0.15) is 11.8 Å². The minimum absolute atomic E-state index is 0.318. The molecule has 0 aliphatic rings. The lowest BCUT2D eigenvalue weighted by atomic mass is 10.3. The van der Waals surface area contributed by atoms with Gasteiger partial charge in [0.25, 0.3) is 5.89 Å². The van der Waals surface area contributed by atoms with Crippen LogP contribution in [0.3, 0.4) is 0 Å². The first-order chi connectivity index (χ1) is 8.36. The Hall–Kier alpha value is -2.81. The van der Waals surface area contributed by atoms with Crippen molar-refractivity contribution in [3.8, 4) is 29.2 Å². The number of nitriles is 1. The summed E-state index contributed by atoms with van der Waals surface area (Å²) in [5.41, 5.74) is 1.12. The summed E-state index contributed by atoms with van der Waals surface area (Å²) in [7, 11) is 0. The van der Waals surface area contributed by atoms with E-state index < -0.39 is 0 Å². The fraction of sp³-hybridized carbons (Fsp3) is 0. The van der Waals surface area contributed by atoms with Gasteiger partial charge in [-0.1, -0.05) is 5.16 Å². The molecule has 0 aliphatic carbocycles. The molecule has 0 spiro atoms. The lowest BCUT2D eigenvalue weighted by Crippen LogP contribution is -1.78. The number of nitrogens with one attached hydrogen (secondary N) is 1. The van der Waals surface area contributed by atoms with E-state index in [-0.39, 0.29) is 0 Å². The standard InChI is InChI=1S/C11H6N4O2/c12-5-7-4-8(13-6-7)11-14-10(15-17-11)9-2-1-3-16-9/h1-4,6,13H. The van der Waals surface area contributed by atoms with Gasteiger partial charge >= 0.3 is 0 Å². The molecule has 0 fully saturated rings. The van der Waals surface area contributed by atoms with Crippen molar-refractivity contribution < 1.29 is 8.94 Å². The molecule has 3 aromatic heterocycles. The molecule has 0 unspecified atom stereocenters. The van der Waals surface area contributed by atoms with Gasteiger partial charge in [0, 0.05) is 6.20 Å². The van der Waals surface area contributed by atoms with Crippen molar-refractivity contribution in [3.63, 3.8) is 0 Å². The van der Waals surface area contributed by atoms with E-state index in [4.69, 9.17) is 14.2 Å². The van der Waals surface area contributed by atoms with Crippen LogP contribution in [0.25, 0.3) is 23.2 Å². The highest BCUT2D eigenvalue weighted by Gasteiger charge is 2.13. The van der Waals surface area contributed by atoms with Crippen molar-refractivity contribution in [1.29, 1.82) is 5.26 Å². The van der Waals surface area contributed by atoms with Crippen molar-refractivity contribution >= 4 is 0 Å². The first kappa shape index (κ1) is 9.42. The van der Waals surface area contributed by atoms with Crippen molar-refractivity contribution in [2.24, 2.45) is 0 Å². The van der Waals surface area contributed by atoms with Crippen LogP contribution in [0.1, 0.15) is 5.56 Å². The highest BCUT2D eigenvalue weighted by molar-refractivity contribution is 5.55. The average Bonchev–Trinajstić information content (AvgIpc) is 3.09. The third-order valence-corrected chi connectivity index (χ3v) is 2.21. The molecule has 3 rings (SSSR count). The van der Waals surface area contributed by atoms with Crippen LogP contribution in [0.5, 0.6) is 0 Å². The number of hydrogen-bond donors (Lipinski definition) is 1. The quantitative estimate of drug-likeness (QED) is 0.723. The van der Waals surface area contributed by atoms with Crippen LogP contribution in [-0.4, -0.2) is 15.1 Å². The van der Waals surface area contributed by atoms with Crippen molar-refractivity contribution in [3.05, 3.63) is 36.2 Å². The number of nitrogens with zero attached hydrogens (tertiary/aromatic N) is 3. The van der Waals surface area contributed by atoms with E-state index in [1.165, 1.54) is 6.26 Å². The summed E-state index contributed by atoms with van der Waals surface area (Å²) >= 11 is 0. The molecule has 3 aromatic rings. The number of aromatic nitrogens is 3. The lowest BCUT2D eigenvalue weighted by molar-refractivity contribution is 0.428. The Bertz CT molecular complexity index is 672. The summed E-state index contributed by atoms with van der Waals surface area (Å²) in [5, 5.41) is 12.5. The number of rotatable bonds is 2. The molecule has 0 bridgehead atoms. The molecule has 6 heteroatoms. The van der Waals surface area contributed by atoms with Gasteiger partial charge in [0.05, 0.1) is 11.8 Å². The molecule has 6 nitrogen and oxygen atoms in total. The minimum atomic E-state index is 0.318. The maximum absolute atomic E-state index is 8.70. The Balaban J connectivity index is 1.98. The summed E-state index contributed by atoms with van der Waals surface area (Å²) in [6, 6.07) is 7.13. The van der Waals surface area contributed by atoms with E-state index in [1.54, 1.807) is 24.4 Å². The van der Waals surface area contributed by atoms with Gasteiger partial charge in [-0.15, -0.1) is 0 Å². The Morgan fingerprint density at radius 1 is 1.41 bits per heavy atom. The Morgan fingerprint density at radius 2 is 2.35 bits per heavy atom. The van der Waals surface area contributed by atoms with Gasteiger partial charge < -0.3 is 13.9 Å². The molecule has 0 saturated carbocycles. The predicted molar refractivity (Wildman–Crippen MR) is 56.5 cm³/mol. The lowest BCUT2D eigenvalue weighted by Gasteiger charge is -1.84. The van der Waals surface area contributed by atoms with Gasteiger partial charge in [-0.25, -0.2) is 0 Å². The molecule has 0 saturated heterocycles. The van der Waals surface area contributed by atoms with Crippen LogP contribution >= 0.6 is 0 Å². The first-order valence-corrected chi connectivity index (χ1v) is 4.83. The number of H-pyrrole nitrogens is 1. The highest BCUT2D eigenvalue weighted by atomic mass is 16.5. The minimum Gasteiger partial charge on any atom is -0.461 e. The van der Waals surface area contributed by atoms with E-state index in [1.807, 2.05) is 6.07 Å². The molecule has 0 aliphatic heterocycles. The van der Waals surface area contributed by atoms with E-state index >= 15 is 0 Å². The molecule has 3 heterocycles. The van der Waals surface area contributed by atoms with Crippen molar-refractivity contribution in [1.82, 2.24) is 15.1 Å². The van der Waals surface area contributed by atoms with Gasteiger partial charge in [-0.2, -0.15) is 10.2 Å². The van der Waals surface area contributed by atoms with Crippen LogP contribution in [0.2, 0.25) is 0 Å². The zero-order chi connectivity index (χ0) is 11.7. The monoisotopic (exact) mass is 226 g/mol. The van der Waals surface area contributed by atoms with E-state index in [2.05, 4.69) is 15.1 Å². The largest absolute Gasteiger partial charge is 0.461 e. The first-order valence-electron chi connectivity index (χ1n) is 4.83. The van der Waals surface area contributed by atoms with Gasteiger partial charge in [0.2, 0.25) is 5.82 Å². The van der Waals surface area contributed by atoms with Crippen LogP contribution < -0.4 is 0 Å². The van der Waals surface area contributed by atoms with Crippen LogP contribution in [0.4, 0.5) is 0 Å². The fourth-order valence-corrected chi connectivity index (χ4v) is 1.42. The van der Waals surface area contributed by atoms with Crippen LogP contribution in [-0.2, 0) is 0 Å². The van der Waals surface area contributed by atoms with E-state index in [0.29, 0.717) is 28.7 Å². The van der Waals surface area contributed by atoms with Crippen LogP contribution in [0, 0.1) is 11.3 Å². The predicted octanol–water partition coefficient (Wildman–Crippen LogP) is 2.20. The summed E-state index contributed by atoms with van der Waals surface area (Å²) in [6.45, 7) is 0. The number of furan rings is 1. The molecule has 0 radical (unpaired) electrons. The van der Waals surface area contributed by atoms with Gasteiger partial charge in [-0.3, -0.25) is 0 Å². The third-order valence-electron chi connectivity index (χ3n) is 2.21. The zero-order valence-corrected chi connectivity index (χ0v) is 8.54. The van der Waals surface area contributed by atoms with E-state index in [9.17, 15) is 0 Å². The molecule has 82 valence electrons. The van der Waals surface area contributed by atoms with Crippen molar-refractivity contribution in [2.75, 3.05) is 0 Å². The second-order valence-corrected chi connectivity index (χ2v) is 3.31. The second kappa shape index (κ2) is 3.64. The maximum atomic E-state index is 8.70. The van der Waals surface area contributed by atoms with Gasteiger partial charge in [-0.05, 0) is 18.2 Å². The third kappa shape index (κ3) is 1.59. The van der Waals surface area contributed by atoms with Crippen LogP contribution in [0.15, 0.2) is 39.6 Å². The highest BCUT2D eigenvalue weighted by Crippen LogP contribution is 2.21. The van der Waals surface area contributed by atoms with E-state index in [0.717, 1.165) is 0 Å². The fourth-order valence-electron chi connectivity index (χ4n) is 1.42. The maximum Gasteiger partial charge on any atom is 0.274 e. The summed E-state index contributed by atoms with van der Waals surface area (Å²) < 4.78 is 10.2. The SMILES string of the molecule is N#Cc1c[nH]c(-c2nc(-c3ccco3)no2)c1. The summed E-state index contributed by atoms with van der Waals surface area (Å²) in [6.07, 6.45) is 3.11. The molecule has 0 aromatic carbocycles. The molecular formula is C11H6N4O2. The molecule has 0 atom stereocenters. The summed E-state index contributed by atoms with van der Waals surface area (Å²) in [4.78, 5) is 7.04. The normalized spacial score (nSPS) is 10.3. The molecular weight excluding hydrogens is 220 g/mol. The molecule has 17 heavy (non-hydrogen) atoms. The smallest absolute Gasteiger partial charge is 0.274 e. The zero-order valence-electron chi connectivity index (χ0n) is 8.54. The van der Waals surface area contributed by atoms with Gasteiger partial charge in [0.15, 0.2) is 5.76 Å². The number of aromatic amines is 1. The topological polar surface area (TPSA) is 91.6 Å². The Morgan fingerprint density at radius 3 is 3.06 bits per heavy atom. The Kier molecular flexibility index (Phi) is 2.02. The summed E-state index contributed by atoms with van der Waals surface area (Å²) in [5.74, 6) is 1.23. The van der Waals surface area contributed by atoms with Crippen molar-refractivity contribution in [2.45, 2.75) is 0 Å².